The summed E-state index contributed by atoms with van der Waals surface area (Å²) in [7, 11) is 0. The van der Waals surface area contributed by atoms with E-state index in [1.54, 1.807) is 0 Å². The Morgan fingerprint density at radius 3 is 2.59 bits per heavy atom. The van der Waals surface area contributed by atoms with Crippen LogP contribution in [0.25, 0.3) is 0 Å². The second-order valence-electron chi connectivity index (χ2n) is 5.89. The first-order chi connectivity index (χ1) is 7.46. The molecule has 1 amide bonds. The van der Waals surface area contributed by atoms with Gasteiger partial charge in [0.2, 0.25) is 0 Å². The van der Waals surface area contributed by atoms with Crippen LogP contribution in [0.2, 0.25) is 0 Å². The van der Waals surface area contributed by atoms with E-state index in [0.29, 0.717) is 5.92 Å². The number of nitrogens with zero attached hydrogens (tertiary/aromatic N) is 1. The molecule has 100 valence electrons. The molecule has 0 aromatic heterocycles. The lowest BCUT2D eigenvalue weighted by Crippen LogP contribution is -2.45. The molecule has 0 saturated carbocycles. The quantitative estimate of drug-likeness (QED) is 0.725. The van der Waals surface area contributed by atoms with E-state index in [4.69, 9.17) is 4.74 Å². The molecule has 0 radical (unpaired) electrons. The molecule has 2 aliphatic rings. The molecule has 0 bridgehead atoms. The van der Waals surface area contributed by atoms with Crippen LogP contribution < -0.4 is 5.32 Å². The fourth-order valence-corrected chi connectivity index (χ4v) is 2.53. The van der Waals surface area contributed by atoms with E-state index < -0.39 is 0 Å². The van der Waals surface area contributed by atoms with Gasteiger partial charge >= 0.3 is 6.09 Å². The van der Waals surface area contributed by atoms with E-state index >= 15 is 0 Å². The van der Waals surface area contributed by atoms with Gasteiger partial charge in [0.25, 0.3) is 0 Å². The molecule has 0 spiro atoms. The first kappa shape index (κ1) is 14.6. The molecule has 2 heterocycles. The van der Waals surface area contributed by atoms with Crippen LogP contribution in [0.15, 0.2) is 0 Å². The molecule has 2 atom stereocenters. The second-order valence-corrected chi connectivity index (χ2v) is 5.89. The summed E-state index contributed by atoms with van der Waals surface area (Å²) in [6.45, 7) is 9.60. The number of piperidine rings is 1. The van der Waals surface area contributed by atoms with Crippen molar-refractivity contribution in [3.8, 4) is 0 Å². The lowest BCUT2D eigenvalue weighted by molar-refractivity contribution is 0.0140. The smallest absolute Gasteiger partial charge is 0.410 e. The van der Waals surface area contributed by atoms with Crippen molar-refractivity contribution in [1.82, 2.24) is 10.2 Å². The summed E-state index contributed by atoms with van der Waals surface area (Å²) < 4.78 is 5.39. The molecule has 0 aromatic rings. The van der Waals surface area contributed by atoms with E-state index in [-0.39, 0.29) is 24.1 Å². The third-order valence-electron chi connectivity index (χ3n) is 3.36. The van der Waals surface area contributed by atoms with Crippen molar-refractivity contribution in [1.29, 1.82) is 0 Å². The van der Waals surface area contributed by atoms with Crippen molar-refractivity contribution in [2.24, 2.45) is 11.8 Å². The summed E-state index contributed by atoms with van der Waals surface area (Å²) >= 11 is 0. The fourth-order valence-electron chi connectivity index (χ4n) is 2.53. The van der Waals surface area contributed by atoms with Gasteiger partial charge in [0, 0.05) is 13.1 Å². The van der Waals surface area contributed by atoms with Gasteiger partial charge in [-0.2, -0.15) is 0 Å². The molecule has 2 fully saturated rings. The van der Waals surface area contributed by atoms with E-state index in [2.05, 4.69) is 5.32 Å². The Hall–Kier alpha value is -0.480. The summed E-state index contributed by atoms with van der Waals surface area (Å²) in [5, 5.41) is 3.39. The SMILES string of the molecule is CC(C)(C)OC(=O)N1CC[C@H]2CNC[C@@H]2C1.Cl. The highest BCUT2D eigenvalue weighted by Crippen LogP contribution is 2.27. The molecule has 2 aliphatic heterocycles. The Labute approximate surface area is 109 Å². The molecule has 5 heteroatoms. The summed E-state index contributed by atoms with van der Waals surface area (Å²) in [6, 6.07) is 0. The highest BCUT2D eigenvalue weighted by Gasteiger charge is 2.35. The van der Waals surface area contributed by atoms with Gasteiger partial charge in [-0.3, -0.25) is 0 Å². The lowest BCUT2D eigenvalue weighted by atomic mass is 9.89. The Morgan fingerprint density at radius 1 is 1.29 bits per heavy atom. The zero-order chi connectivity index (χ0) is 11.8. The van der Waals surface area contributed by atoms with Gasteiger partial charge in [0.05, 0.1) is 0 Å². The number of carbonyl (C=O) groups excluding carboxylic acids is 1. The molecule has 1 N–H and O–H groups in total. The summed E-state index contributed by atoms with van der Waals surface area (Å²) in [6.07, 6.45) is 0.953. The predicted octanol–water partition coefficient (Wildman–Crippen LogP) is 1.88. The monoisotopic (exact) mass is 262 g/mol. The van der Waals surface area contributed by atoms with Gasteiger partial charge in [-0.05, 0) is 52.1 Å². The minimum Gasteiger partial charge on any atom is -0.444 e. The number of hydrogen-bond acceptors (Lipinski definition) is 3. The van der Waals surface area contributed by atoms with E-state index in [0.717, 1.165) is 38.5 Å². The van der Waals surface area contributed by atoms with Crippen LogP contribution in [0.5, 0.6) is 0 Å². The van der Waals surface area contributed by atoms with Crippen molar-refractivity contribution in [3.05, 3.63) is 0 Å². The number of amides is 1. The third-order valence-corrected chi connectivity index (χ3v) is 3.36. The number of fused-ring (bicyclic) bond motifs is 1. The molecule has 0 unspecified atom stereocenters. The van der Waals surface area contributed by atoms with Crippen molar-refractivity contribution < 1.29 is 9.53 Å². The zero-order valence-electron chi connectivity index (χ0n) is 10.9. The van der Waals surface area contributed by atoms with Crippen molar-refractivity contribution in [3.63, 3.8) is 0 Å². The van der Waals surface area contributed by atoms with Crippen LogP contribution in [0.3, 0.4) is 0 Å². The first-order valence-electron chi connectivity index (χ1n) is 6.14. The summed E-state index contributed by atoms with van der Waals surface area (Å²) in [5.74, 6) is 1.39. The molecular formula is C12H23ClN2O2. The van der Waals surface area contributed by atoms with Gasteiger partial charge in [-0.25, -0.2) is 4.79 Å². The lowest BCUT2D eigenvalue weighted by Gasteiger charge is -2.35. The normalized spacial score (nSPS) is 28.3. The molecule has 17 heavy (non-hydrogen) atoms. The standard InChI is InChI=1S/C12H22N2O2.ClH/c1-12(2,3)16-11(15)14-5-4-9-6-13-7-10(9)8-14;/h9-10,13H,4-8H2,1-3H3;1H/t9-,10+;/m0./s1. The minimum atomic E-state index is -0.387. The maximum atomic E-state index is 11.9. The average Bonchev–Trinajstić information content (AvgIpc) is 2.61. The molecule has 2 saturated heterocycles. The van der Waals surface area contributed by atoms with Crippen LogP contribution in [0.4, 0.5) is 4.79 Å². The minimum absolute atomic E-state index is 0. The van der Waals surface area contributed by atoms with Gasteiger partial charge < -0.3 is 15.0 Å². The number of halogens is 1. The van der Waals surface area contributed by atoms with Crippen LogP contribution in [-0.2, 0) is 4.74 Å². The number of hydrogen-bond donors (Lipinski definition) is 1. The highest BCUT2D eigenvalue weighted by molar-refractivity contribution is 5.85. The Bertz CT molecular complexity index is 278. The van der Waals surface area contributed by atoms with Crippen LogP contribution in [0.1, 0.15) is 27.2 Å². The number of likely N-dealkylation sites (tertiary alicyclic amines) is 1. The molecule has 4 nitrogen and oxygen atoms in total. The highest BCUT2D eigenvalue weighted by atomic mass is 35.5. The molecule has 0 aromatic carbocycles. The van der Waals surface area contributed by atoms with E-state index in [1.165, 1.54) is 0 Å². The largest absolute Gasteiger partial charge is 0.444 e. The molecule has 2 rings (SSSR count). The van der Waals surface area contributed by atoms with Crippen LogP contribution >= 0.6 is 12.4 Å². The van der Waals surface area contributed by atoms with Crippen molar-refractivity contribution >= 4 is 18.5 Å². The number of carbonyl (C=O) groups is 1. The predicted molar refractivity (Wildman–Crippen MR) is 69.5 cm³/mol. The van der Waals surface area contributed by atoms with Gasteiger partial charge in [-0.1, -0.05) is 0 Å². The maximum Gasteiger partial charge on any atom is 0.410 e. The summed E-state index contributed by atoms with van der Waals surface area (Å²) in [5.41, 5.74) is -0.387. The van der Waals surface area contributed by atoms with Gasteiger partial charge in [-0.15, -0.1) is 12.4 Å². The van der Waals surface area contributed by atoms with Gasteiger partial charge in [0.1, 0.15) is 5.60 Å². The van der Waals surface area contributed by atoms with E-state index in [9.17, 15) is 4.79 Å². The Balaban J connectivity index is 0.00000144. The molecule has 0 aliphatic carbocycles. The van der Waals surface area contributed by atoms with Crippen LogP contribution in [0, 0.1) is 11.8 Å². The zero-order valence-corrected chi connectivity index (χ0v) is 11.7. The van der Waals surface area contributed by atoms with Crippen LogP contribution in [-0.4, -0.2) is 42.8 Å². The Kier molecular flexibility index (Phi) is 4.67. The van der Waals surface area contributed by atoms with Gasteiger partial charge in [0.15, 0.2) is 0 Å². The van der Waals surface area contributed by atoms with E-state index in [1.807, 2.05) is 25.7 Å². The number of nitrogens with one attached hydrogen (secondary N) is 1. The van der Waals surface area contributed by atoms with Crippen molar-refractivity contribution in [2.45, 2.75) is 32.8 Å². The second kappa shape index (κ2) is 5.44. The first-order valence-corrected chi connectivity index (χ1v) is 6.14. The average molecular weight is 263 g/mol. The number of ether oxygens (including phenoxy) is 1. The van der Waals surface area contributed by atoms with Crippen molar-refractivity contribution in [2.75, 3.05) is 26.2 Å². The molecular weight excluding hydrogens is 240 g/mol. The third kappa shape index (κ3) is 3.75. The Morgan fingerprint density at radius 2 is 1.94 bits per heavy atom. The topological polar surface area (TPSA) is 41.6 Å². The number of rotatable bonds is 0. The fraction of sp³-hybridized carbons (Fsp3) is 0.917. The summed E-state index contributed by atoms with van der Waals surface area (Å²) in [4.78, 5) is 13.7. The maximum absolute atomic E-state index is 11.9.